The smallest absolute Gasteiger partial charge is 0.328 e. The van der Waals surface area contributed by atoms with E-state index in [1.54, 1.807) is 48.5 Å². The monoisotopic (exact) mass is 365 g/mol. The van der Waals surface area contributed by atoms with Crippen molar-refractivity contribution in [2.45, 2.75) is 0 Å². The highest BCUT2D eigenvalue weighted by Crippen LogP contribution is 2.23. The minimum atomic E-state index is -1.04. The number of ether oxygens (including phenoxy) is 1. The fraction of sp³-hybridized carbons (Fsp3) is 0.0500. The van der Waals surface area contributed by atoms with E-state index in [1.165, 1.54) is 19.3 Å². The van der Waals surface area contributed by atoms with E-state index < -0.39 is 5.97 Å². The molecule has 0 aliphatic heterocycles. The Kier molecular flexibility index (Phi) is 6.49. The Morgan fingerprint density at radius 1 is 1.07 bits per heavy atom. The predicted molar refractivity (Wildman–Crippen MR) is 105 cm³/mol. The number of rotatable bonds is 7. The minimum absolute atomic E-state index is 0.0916. The molecule has 0 unspecified atom stereocenters. The first-order valence-electron chi connectivity index (χ1n) is 7.90. The number of hydrogen-bond donors (Lipinski definition) is 3. The van der Waals surface area contributed by atoms with E-state index in [0.29, 0.717) is 28.1 Å². The Morgan fingerprint density at radius 2 is 1.85 bits per heavy atom. The van der Waals surface area contributed by atoms with Gasteiger partial charge in [-0.1, -0.05) is 18.2 Å². The van der Waals surface area contributed by atoms with Gasteiger partial charge in [0.1, 0.15) is 5.75 Å². The molecule has 0 atom stereocenters. The number of ketones is 1. The topological polar surface area (TPSA) is 128 Å². The van der Waals surface area contributed by atoms with Gasteiger partial charge in [-0.15, -0.1) is 0 Å². The number of carboxylic acid groups (broad SMARTS) is 1. The van der Waals surface area contributed by atoms with E-state index in [4.69, 9.17) is 21.3 Å². The molecule has 0 saturated carbocycles. The Morgan fingerprint density at radius 3 is 2.52 bits per heavy atom. The molecule has 0 heterocycles. The average molecular weight is 365 g/mol. The Hall–Kier alpha value is -3.87. The molecule has 2 aromatic rings. The van der Waals surface area contributed by atoms with Gasteiger partial charge >= 0.3 is 5.97 Å². The summed E-state index contributed by atoms with van der Waals surface area (Å²) in [5.41, 5.74) is 12.9. The molecule has 7 nitrogen and oxygen atoms in total. The van der Waals surface area contributed by atoms with Crippen LogP contribution in [0.5, 0.6) is 5.75 Å². The second-order valence-corrected chi connectivity index (χ2v) is 5.46. The van der Waals surface area contributed by atoms with E-state index in [0.717, 1.165) is 6.08 Å². The fourth-order valence-electron chi connectivity index (χ4n) is 2.29. The summed E-state index contributed by atoms with van der Waals surface area (Å²) in [5, 5.41) is 8.73. The third-order valence-corrected chi connectivity index (χ3v) is 3.48. The molecule has 0 bridgehead atoms. The second kappa shape index (κ2) is 9.00. The van der Waals surface area contributed by atoms with Crippen LogP contribution >= 0.6 is 0 Å². The van der Waals surface area contributed by atoms with Crippen LogP contribution in [0.4, 0.5) is 5.69 Å². The van der Waals surface area contributed by atoms with Crippen molar-refractivity contribution in [2.24, 2.45) is 16.5 Å². The number of methoxy groups -OCH3 is 1. The predicted octanol–water partition coefficient (Wildman–Crippen LogP) is 2.59. The van der Waals surface area contributed by atoms with E-state index in [9.17, 15) is 9.59 Å². The van der Waals surface area contributed by atoms with Crippen molar-refractivity contribution in [1.29, 1.82) is 0 Å². The number of nitrogens with zero attached hydrogens (tertiary/aromatic N) is 1. The zero-order chi connectivity index (χ0) is 19.8. The maximum absolute atomic E-state index is 12.4. The fourth-order valence-corrected chi connectivity index (χ4v) is 2.29. The maximum atomic E-state index is 12.4. The van der Waals surface area contributed by atoms with Gasteiger partial charge in [0.25, 0.3) is 0 Å². The van der Waals surface area contributed by atoms with Gasteiger partial charge in [-0.05, 0) is 48.1 Å². The lowest BCUT2D eigenvalue weighted by Gasteiger charge is -2.06. The van der Waals surface area contributed by atoms with Crippen molar-refractivity contribution in [1.82, 2.24) is 0 Å². The van der Waals surface area contributed by atoms with E-state index in [2.05, 4.69) is 4.99 Å². The SMILES string of the molecule is COc1ccc(C=CC(=O)O)cc1C=CC(=O)c1cccc(N=C(N)N)c1. The average Bonchev–Trinajstić information content (AvgIpc) is 2.64. The molecule has 0 radical (unpaired) electrons. The molecular weight excluding hydrogens is 346 g/mol. The number of benzene rings is 2. The van der Waals surface area contributed by atoms with Crippen molar-refractivity contribution in [3.8, 4) is 5.75 Å². The summed E-state index contributed by atoms with van der Waals surface area (Å²) in [6.45, 7) is 0. The minimum Gasteiger partial charge on any atom is -0.496 e. The number of carbonyl (C=O) groups is 2. The molecule has 138 valence electrons. The lowest BCUT2D eigenvalue weighted by atomic mass is 10.1. The number of allylic oxidation sites excluding steroid dienone is 1. The third kappa shape index (κ3) is 5.86. The number of nitrogens with two attached hydrogens (primary N) is 2. The first-order chi connectivity index (χ1) is 12.9. The van der Waals surface area contributed by atoms with Gasteiger partial charge in [-0.3, -0.25) is 4.79 Å². The lowest BCUT2D eigenvalue weighted by Crippen LogP contribution is -2.21. The second-order valence-electron chi connectivity index (χ2n) is 5.46. The van der Waals surface area contributed by atoms with Gasteiger partial charge in [-0.25, -0.2) is 9.79 Å². The van der Waals surface area contributed by atoms with Crippen molar-refractivity contribution >= 4 is 35.6 Å². The Bertz CT molecular complexity index is 942. The lowest BCUT2D eigenvalue weighted by molar-refractivity contribution is -0.131. The molecule has 0 aliphatic carbocycles. The van der Waals surface area contributed by atoms with Crippen LogP contribution < -0.4 is 16.2 Å². The number of carboxylic acids is 1. The zero-order valence-electron chi connectivity index (χ0n) is 14.6. The van der Waals surface area contributed by atoms with Crippen LogP contribution in [0.25, 0.3) is 12.2 Å². The van der Waals surface area contributed by atoms with Crippen LogP contribution in [0.1, 0.15) is 21.5 Å². The summed E-state index contributed by atoms with van der Waals surface area (Å²) in [6.07, 6.45) is 5.50. The summed E-state index contributed by atoms with van der Waals surface area (Å²) in [4.78, 5) is 27.0. The first kappa shape index (κ1) is 19.5. The van der Waals surface area contributed by atoms with Crippen LogP contribution in [0.3, 0.4) is 0 Å². The van der Waals surface area contributed by atoms with Crippen molar-refractivity contribution in [2.75, 3.05) is 7.11 Å². The molecule has 27 heavy (non-hydrogen) atoms. The molecule has 0 spiro atoms. The van der Waals surface area contributed by atoms with Gasteiger partial charge in [0.05, 0.1) is 12.8 Å². The highest BCUT2D eigenvalue weighted by Gasteiger charge is 2.05. The first-order valence-corrected chi connectivity index (χ1v) is 7.90. The number of carbonyl (C=O) groups excluding carboxylic acids is 1. The van der Waals surface area contributed by atoms with Crippen LogP contribution in [-0.4, -0.2) is 29.9 Å². The van der Waals surface area contributed by atoms with Gasteiger partial charge in [0.15, 0.2) is 11.7 Å². The van der Waals surface area contributed by atoms with Crippen molar-refractivity contribution in [3.63, 3.8) is 0 Å². The molecule has 0 aromatic heterocycles. The summed E-state index contributed by atoms with van der Waals surface area (Å²) in [5.74, 6) is -0.818. The highest BCUT2D eigenvalue weighted by atomic mass is 16.5. The summed E-state index contributed by atoms with van der Waals surface area (Å²) in [7, 11) is 1.51. The largest absolute Gasteiger partial charge is 0.496 e. The normalized spacial score (nSPS) is 10.9. The van der Waals surface area contributed by atoms with Crippen molar-refractivity contribution in [3.05, 3.63) is 71.3 Å². The number of aliphatic carboxylic acids is 1. The van der Waals surface area contributed by atoms with Crippen LogP contribution in [0.15, 0.2) is 59.6 Å². The zero-order valence-corrected chi connectivity index (χ0v) is 14.6. The number of guanidine groups is 1. The van der Waals surface area contributed by atoms with Gasteiger partial charge < -0.3 is 21.3 Å². The number of hydrogen-bond acceptors (Lipinski definition) is 4. The molecule has 0 amide bonds. The third-order valence-electron chi connectivity index (χ3n) is 3.48. The molecule has 0 aliphatic rings. The maximum Gasteiger partial charge on any atom is 0.328 e. The van der Waals surface area contributed by atoms with Crippen molar-refractivity contribution < 1.29 is 19.4 Å². The number of aliphatic imine (C=N–C) groups is 1. The van der Waals surface area contributed by atoms with E-state index >= 15 is 0 Å². The van der Waals surface area contributed by atoms with Gasteiger partial charge in [0.2, 0.25) is 0 Å². The summed E-state index contributed by atoms with van der Waals surface area (Å²) < 4.78 is 5.28. The summed E-state index contributed by atoms with van der Waals surface area (Å²) >= 11 is 0. The van der Waals surface area contributed by atoms with Gasteiger partial charge in [-0.2, -0.15) is 0 Å². The quantitative estimate of drug-likeness (QED) is 0.299. The molecule has 0 fully saturated rings. The Labute approximate surface area is 156 Å². The van der Waals surface area contributed by atoms with Crippen LogP contribution in [0, 0.1) is 0 Å². The molecule has 5 N–H and O–H groups in total. The highest BCUT2D eigenvalue weighted by molar-refractivity contribution is 6.07. The van der Waals surface area contributed by atoms with Gasteiger partial charge in [0, 0.05) is 17.2 Å². The molecule has 0 saturated heterocycles. The molecule has 2 aromatic carbocycles. The molecule has 7 heteroatoms. The van der Waals surface area contributed by atoms with E-state index in [1.807, 2.05) is 0 Å². The Balaban J connectivity index is 2.28. The van der Waals surface area contributed by atoms with E-state index in [-0.39, 0.29) is 11.7 Å². The summed E-state index contributed by atoms with van der Waals surface area (Å²) in [6, 6.07) is 11.7. The standard InChI is InChI=1S/C20H19N3O4/c1-27-18-9-5-13(6-10-19(25)26)11-15(18)7-8-17(24)14-3-2-4-16(12-14)23-20(21)22/h2-12H,1H3,(H,25,26)(H4,21,22,23). The molecular formula is C20H19N3O4. The molecule has 2 rings (SSSR count). The van der Waals surface area contributed by atoms with Crippen LogP contribution in [-0.2, 0) is 4.79 Å². The van der Waals surface area contributed by atoms with Crippen LogP contribution in [0.2, 0.25) is 0 Å².